The van der Waals surface area contributed by atoms with Crippen molar-refractivity contribution in [1.82, 2.24) is 9.55 Å². The van der Waals surface area contributed by atoms with Crippen molar-refractivity contribution >= 4 is 17.5 Å². The summed E-state index contributed by atoms with van der Waals surface area (Å²) in [5.74, 6) is 1.36. The summed E-state index contributed by atoms with van der Waals surface area (Å²) in [4.78, 5) is 15.9. The van der Waals surface area contributed by atoms with E-state index in [1.165, 1.54) is 31.4 Å². The minimum Gasteiger partial charge on any atom is -0.493 e. The van der Waals surface area contributed by atoms with Crippen LogP contribution in [0.25, 0.3) is 0 Å². The summed E-state index contributed by atoms with van der Waals surface area (Å²) in [7, 11) is 1.52. The molecular formula is C22H24N2O4S. The third-order valence-electron chi connectivity index (χ3n) is 4.28. The van der Waals surface area contributed by atoms with E-state index in [1.807, 2.05) is 24.4 Å². The van der Waals surface area contributed by atoms with Crippen LogP contribution in [-0.4, -0.2) is 46.0 Å². The number of imidazole rings is 1. The lowest BCUT2D eigenvalue weighted by Crippen LogP contribution is -2.20. The number of benzene rings is 2. The molecule has 2 aromatic carbocycles. The summed E-state index contributed by atoms with van der Waals surface area (Å²) in [6.07, 6.45) is 3.01. The Morgan fingerprint density at radius 1 is 1.21 bits per heavy atom. The molecule has 1 heterocycles. The van der Waals surface area contributed by atoms with Gasteiger partial charge in [-0.05, 0) is 30.7 Å². The van der Waals surface area contributed by atoms with E-state index in [0.29, 0.717) is 22.8 Å². The molecular weight excluding hydrogens is 388 g/mol. The summed E-state index contributed by atoms with van der Waals surface area (Å²) < 4.78 is 13.0. The molecule has 0 aliphatic heterocycles. The first-order chi connectivity index (χ1) is 14.1. The lowest BCUT2D eigenvalue weighted by atomic mass is 10.1. The lowest BCUT2D eigenvalue weighted by Gasteiger charge is -2.15. The van der Waals surface area contributed by atoms with Crippen molar-refractivity contribution < 1.29 is 19.4 Å². The van der Waals surface area contributed by atoms with E-state index in [4.69, 9.17) is 9.47 Å². The Morgan fingerprint density at radius 2 is 2.00 bits per heavy atom. The molecule has 0 aliphatic rings. The Hall–Kier alpha value is -2.77. The molecule has 152 valence electrons. The van der Waals surface area contributed by atoms with Crippen molar-refractivity contribution in [2.24, 2.45) is 0 Å². The second kappa shape index (κ2) is 10.1. The second-order valence-electron chi connectivity index (χ2n) is 6.52. The van der Waals surface area contributed by atoms with Gasteiger partial charge in [-0.1, -0.05) is 42.1 Å². The van der Waals surface area contributed by atoms with Gasteiger partial charge in [0, 0.05) is 30.3 Å². The molecule has 0 fully saturated rings. The molecule has 1 N–H and O–H groups in total. The third kappa shape index (κ3) is 5.85. The normalized spacial score (nSPS) is 11.8. The van der Waals surface area contributed by atoms with Gasteiger partial charge in [-0.3, -0.25) is 4.79 Å². The number of carbonyl (C=O) groups excluding carboxylic acids is 1. The van der Waals surface area contributed by atoms with E-state index in [0.717, 1.165) is 11.7 Å². The molecule has 0 amide bonds. The van der Waals surface area contributed by atoms with Gasteiger partial charge in [0.05, 0.1) is 13.2 Å². The summed E-state index contributed by atoms with van der Waals surface area (Å²) in [5.41, 5.74) is 1.74. The van der Waals surface area contributed by atoms with Gasteiger partial charge in [0.2, 0.25) is 0 Å². The predicted octanol–water partition coefficient (Wildman–Crippen LogP) is 3.67. The zero-order valence-electron chi connectivity index (χ0n) is 16.4. The number of hydrogen-bond acceptors (Lipinski definition) is 6. The Labute approximate surface area is 174 Å². The monoisotopic (exact) mass is 412 g/mol. The Balaban J connectivity index is 1.53. The topological polar surface area (TPSA) is 73.6 Å². The maximum atomic E-state index is 11.5. The number of aliphatic hydroxyl groups is 1. The summed E-state index contributed by atoms with van der Waals surface area (Å²) in [5, 5.41) is 11.2. The first kappa shape index (κ1) is 21.0. The van der Waals surface area contributed by atoms with Crippen LogP contribution in [0.5, 0.6) is 11.5 Å². The van der Waals surface area contributed by atoms with Gasteiger partial charge < -0.3 is 19.1 Å². The van der Waals surface area contributed by atoms with Crippen molar-refractivity contribution in [3.63, 3.8) is 0 Å². The molecule has 1 aromatic heterocycles. The van der Waals surface area contributed by atoms with Crippen LogP contribution in [0.3, 0.4) is 0 Å². The zero-order chi connectivity index (χ0) is 20.6. The Bertz CT molecular complexity index is 943. The fourth-order valence-electron chi connectivity index (χ4n) is 2.75. The molecule has 0 radical (unpaired) electrons. The van der Waals surface area contributed by atoms with Crippen molar-refractivity contribution in [2.75, 3.05) is 19.5 Å². The maximum absolute atomic E-state index is 11.5. The highest BCUT2D eigenvalue weighted by Gasteiger charge is 2.13. The van der Waals surface area contributed by atoms with Crippen LogP contribution in [0, 0.1) is 0 Å². The predicted molar refractivity (Wildman–Crippen MR) is 113 cm³/mol. The minimum absolute atomic E-state index is 0.0442. The number of methoxy groups -OCH3 is 1. The Morgan fingerprint density at radius 3 is 2.72 bits per heavy atom. The van der Waals surface area contributed by atoms with Gasteiger partial charge in [0.25, 0.3) is 0 Å². The average molecular weight is 413 g/mol. The van der Waals surface area contributed by atoms with E-state index in [9.17, 15) is 9.90 Å². The fraction of sp³-hybridized carbons (Fsp3) is 0.273. The Kier molecular flexibility index (Phi) is 7.32. The summed E-state index contributed by atoms with van der Waals surface area (Å²) >= 11 is 1.48. The number of ketones is 1. The molecule has 0 bridgehead atoms. The van der Waals surface area contributed by atoms with E-state index in [-0.39, 0.29) is 12.4 Å². The van der Waals surface area contributed by atoms with E-state index in [2.05, 4.69) is 21.7 Å². The molecule has 0 saturated heterocycles. The number of nitrogens with zero attached hydrogens (tertiary/aromatic N) is 2. The van der Waals surface area contributed by atoms with Crippen LogP contribution in [-0.2, 0) is 6.54 Å². The molecule has 0 aliphatic carbocycles. The highest BCUT2D eigenvalue weighted by Crippen LogP contribution is 2.28. The SMILES string of the molecule is COc1cc(C(C)=O)ccc1OCC(O)CSc1nccn1Cc1ccccc1. The first-order valence-corrected chi connectivity index (χ1v) is 10.2. The number of Topliss-reactive ketones (excluding diaryl/α,β-unsaturated/α-hetero) is 1. The number of rotatable bonds is 10. The largest absolute Gasteiger partial charge is 0.493 e. The maximum Gasteiger partial charge on any atom is 0.168 e. The van der Waals surface area contributed by atoms with E-state index < -0.39 is 6.10 Å². The molecule has 0 saturated carbocycles. The van der Waals surface area contributed by atoms with Gasteiger partial charge >= 0.3 is 0 Å². The third-order valence-corrected chi connectivity index (χ3v) is 5.43. The molecule has 1 atom stereocenters. The lowest BCUT2D eigenvalue weighted by molar-refractivity contribution is 0.101. The highest BCUT2D eigenvalue weighted by molar-refractivity contribution is 7.99. The van der Waals surface area contributed by atoms with Gasteiger partial charge in [0.15, 0.2) is 22.4 Å². The zero-order valence-corrected chi connectivity index (χ0v) is 17.3. The van der Waals surface area contributed by atoms with Crippen LogP contribution in [0.4, 0.5) is 0 Å². The fourth-order valence-corrected chi connectivity index (χ4v) is 3.61. The number of thioether (sulfide) groups is 1. The van der Waals surface area contributed by atoms with Gasteiger partial charge in [-0.25, -0.2) is 4.98 Å². The quantitative estimate of drug-likeness (QED) is 0.405. The van der Waals surface area contributed by atoms with Gasteiger partial charge in [0.1, 0.15) is 6.61 Å². The molecule has 0 spiro atoms. The van der Waals surface area contributed by atoms with Crippen molar-refractivity contribution in [3.05, 3.63) is 72.1 Å². The number of carbonyl (C=O) groups is 1. The first-order valence-electron chi connectivity index (χ1n) is 9.24. The van der Waals surface area contributed by atoms with Crippen molar-refractivity contribution in [1.29, 1.82) is 0 Å². The standard InChI is InChI=1S/C22H24N2O4S/c1-16(25)18-8-9-20(21(12-18)27-2)28-14-19(26)15-29-22-23-10-11-24(22)13-17-6-4-3-5-7-17/h3-12,19,26H,13-15H2,1-2H3. The van der Waals surface area contributed by atoms with Crippen LogP contribution in [0.1, 0.15) is 22.8 Å². The van der Waals surface area contributed by atoms with E-state index in [1.54, 1.807) is 24.4 Å². The number of aliphatic hydroxyl groups excluding tert-OH is 1. The number of aromatic nitrogens is 2. The minimum atomic E-state index is -0.681. The smallest absolute Gasteiger partial charge is 0.168 e. The van der Waals surface area contributed by atoms with Gasteiger partial charge in [-0.15, -0.1) is 0 Å². The molecule has 7 heteroatoms. The number of ether oxygens (including phenoxy) is 2. The molecule has 3 aromatic rings. The van der Waals surface area contributed by atoms with Crippen LogP contribution in [0.15, 0.2) is 66.1 Å². The molecule has 1 unspecified atom stereocenters. The van der Waals surface area contributed by atoms with Crippen LogP contribution >= 0.6 is 11.8 Å². The number of hydrogen-bond donors (Lipinski definition) is 1. The molecule has 3 rings (SSSR count). The highest BCUT2D eigenvalue weighted by atomic mass is 32.2. The molecule has 29 heavy (non-hydrogen) atoms. The van der Waals surface area contributed by atoms with Crippen LogP contribution < -0.4 is 9.47 Å². The average Bonchev–Trinajstić information content (AvgIpc) is 3.18. The van der Waals surface area contributed by atoms with Crippen molar-refractivity contribution in [2.45, 2.75) is 24.7 Å². The summed E-state index contributed by atoms with van der Waals surface area (Å²) in [6, 6.07) is 15.2. The van der Waals surface area contributed by atoms with Gasteiger partial charge in [-0.2, -0.15) is 0 Å². The summed E-state index contributed by atoms with van der Waals surface area (Å²) in [6.45, 7) is 2.34. The van der Waals surface area contributed by atoms with E-state index >= 15 is 0 Å². The van der Waals surface area contributed by atoms with Crippen molar-refractivity contribution in [3.8, 4) is 11.5 Å². The molecule has 6 nitrogen and oxygen atoms in total. The van der Waals surface area contributed by atoms with Crippen LogP contribution in [0.2, 0.25) is 0 Å². The second-order valence-corrected chi connectivity index (χ2v) is 7.51.